The fourth-order valence-electron chi connectivity index (χ4n) is 2.88. The van der Waals surface area contributed by atoms with Crippen LogP contribution in [0.4, 0.5) is 0 Å². The van der Waals surface area contributed by atoms with E-state index in [0.29, 0.717) is 0 Å². The molecule has 0 nitrogen and oxygen atoms in total. The molecular formula is C27H39Y2. The summed E-state index contributed by atoms with van der Waals surface area (Å²) >= 11 is 0. The van der Waals surface area contributed by atoms with E-state index in [4.69, 9.17) is 0 Å². The summed E-state index contributed by atoms with van der Waals surface area (Å²) in [6.07, 6.45) is 11.6. The number of aryl methyl sites for hydroxylation is 3. The van der Waals surface area contributed by atoms with Gasteiger partial charge in [0, 0.05) is 32.7 Å². The van der Waals surface area contributed by atoms with Gasteiger partial charge in [0.25, 0.3) is 0 Å². The van der Waals surface area contributed by atoms with Gasteiger partial charge in [0.2, 0.25) is 0 Å². The van der Waals surface area contributed by atoms with Gasteiger partial charge >= 0.3 is 32.7 Å². The summed E-state index contributed by atoms with van der Waals surface area (Å²) in [5.74, 6) is 0. The summed E-state index contributed by atoms with van der Waals surface area (Å²) in [4.78, 5) is 0. The zero-order chi connectivity index (χ0) is 19.6. The van der Waals surface area contributed by atoms with Crippen LogP contribution in [0.2, 0.25) is 0 Å². The third-order valence-corrected chi connectivity index (χ3v) is 4.65. The SMILES string of the molecule is CCCC[c-]1cccc1.CCCC[c-]1cccc1.CCCC[c-]1cccc1.[Y+3].[Y]. The van der Waals surface area contributed by atoms with Gasteiger partial charge in [-0.05, 0) is 0 Å². The Kier molecular flexibility index (Phi) is 24.9. The van der Waals surface area contributed by atoms with E-state index in [9.17, 15) is 0 Å². The fourth-order valence-corrected chi connectivity index (χ4v) is 2.88. The van der Waals surface area contributed by atoms with Crippen molar-refractivity contribution in [3.8, 4) is 0 Å². The maximum Gasteiger partial charge on any atom is 3.00 e. The van der Waals surface area contributed by atoms with Crippen LogP contribution in [0.5, 0.6) is 0 Å². The van der Waals surface area contributed by atoms with Crippen molar-refractivity contribution in [1.29, 1.82) is 0 Å². The first-order valence-corrected chi connectivity index (χ1v) is 10.9. The van der Waals surface area contributed by atoms with Crippen LogP contribution in [-0.4, -0.2) is 0 Å². The molecule has 0 amide bonds. The predicted molar refractivity (Wildman–Crippen MR) is 122 cm³/mol. The quantitative estimate of drug-likeness (QED) is 0.240. The van der Waals surface area contributed by atoms with Crippen LogP contribution in [0.1, 0.15) is 76.0 Å². The second-order valence-electron chi connectivity index (χ2n) is 7.19. The van der Waals surface area contributed by atoms with E-state index in [1.165, 1.54) is 74.5 Å². The van der Waals surface area contributed by atoms with Crippen molar-refractivity contribution in [1.82, 2.24) is 0 Å². The second-order valence-corrected chi connectivity index (χ2v) is 7.19. The summed E-state index contributed by atoms with van der Waals surface area (Å²) < 4.78 is 0. The van der Waals surface area contributed by atoms with Crippen molar-refractivity contribution in [2.75, 3.05) is 0 Å². The average Bonchev–Trinajstić information content (AvgIpc) is 3.47. The van der Waals surface area contributed by atoms with E-state index in [1.807, 2.05) is 0 Å². The van der Waals surface area contributed by atoms with Crippen molar-refractivity contribution in [3.05, 3.63) is 89.5 Å². The molecule has 3 aromatic rings. The van der Waals surface area contributed by atoms with E-state index >= 15 is 0 Å². The average molecular weight is 541 g/mol. The summed E-state index contributed by atoms with van der Waals surface area (Å²) in [5.41, 5.74) is 4.45. The van der Waals surface area contributed by atoms with E-state index < -0.39 is 0 Å². The Morgan fingerprint density at radius 3 is 0.828 bits per heavy atom. The van der Waals surface area contributed by atoms with Crippen molar-refractivity contribution < 1.29 is 65.4 Å². The minimum Gasteiger partial charge on any atom is -0.213 e. The van der Waals surface area contributed by atoms with Gasteiger partial charge in [0.1, 0.15) is 0 Å². The topological polar surface area (TPSA) is 0 Å². The second kappa shape index (κ2) is 22.9. The van der Waals surface area contributed by atoms with Gasteiger partial charge in [-0.25, -0.2) is 36.4 Å². The summed E-state index contributed by atoms with van der Waals surface area (Å²) in [6.45, 7) is 6.68. The maximum absolute atomic E-state index is 2.23. The minimum absolute atomic E-state index is 0. The first kappa shape index (κ1) is 31.4. The van der Waals surface area contributed by atoms with Crippen molar-refractivity contribution in [2.24, 2.45) is 0 Å². The standard InChI is InChI=1S/3C9H13.2Y/c3*1-2-3-6-9-7-4-5-8-9;;/h3*4-5,7-8H,2-3,6H2,1H3;;/q3*-1;;+3. The molecule has 29 heavy (non-hydrogen) atoms. The maximum atomic E-state index is 2.23. The molecule has 153 valence electrons. The van der Waals surface area contributed by atoms with Crippen LogP contribution < -0.4 is 0 Å². The molecule has 0 spiro atoms. The Morgan fingerprint density at radius 1 is 0.448 bits per heavy atom. The molecule has 0 aromatic heterocycles. The molecule has 2 heteroatoms. The van der Waals surface area contributed by atoms with Crippen LogP contribution in [0.3, 0.4) is 0 Å². The molecule has 0 heterocycles. The zero-order valence-corrected chi connectivity index (χ0v) is 24.6. The largest absolute Gasteiger partial charge is 3.00 e. The molecule has 0 N–H and O–H groups in total. The number of hydrogen-bond donors (Lipinski definition) is 0. The summed E-state index contributed by atoms with van der Waals surface area (Å²) in [5, 5.41) is 0. The van der Waals surface area contributed by atoms with Gasteiger partial charge < -0.3 is 0 Å². The van der Waals surface area contributed by atoms with Gasteiger partial charge in [-0.15, -0.1) is 0 Å². The van der Waals surface area contributed by atoms with E-state index in [-0.39, 0.29) is 65.4 Å². The normalized spacial score (nSPS) is 9.21. The summed E-state index contributed by atoms with van der Waals surface area (Å²) in [6, 6.07) is 25.8. The van der Waals surface area contributed by atoms with Gasteiger partial charge in [-0.3, -0.25) is 0 Å². The molecular weight excluding hydrogens is 502 g/mol. The smallest absolute Gasteiger partial charge is 0.213 e. The Balaban J connectivity index is 0. The fraction of sp³-hybridized carbons (Fsp3) is 0.444. The van der Waals surface area contributed by atoms with Gasteiger partial charge in [0.05, 0.1) is 0 Å². The van der Waals surface area contributed by atoms with Crippen molar-refractivity contribution >= 4 is 0 Å². The van der Waals surface area contributed by atoms with Crippen LogP contribution in [0.15, 0.2) is 72.8 Å². The van der Waals surface area contributed by atoms with Crippen molar-refractivity contribution in [2.45, 2.75) is 78.6 Å². The molecule has 0 saturated heterocycles. The van der Waals surface area contributed by atoms with Crippen LogP contribution in [0, 0.1) is 0 Å². The Labute approximate surface area is 231 Å². The van der Waals surface area contributed by atoms with Crippen LogP contribution in [0.25, 0.3) is 0 Å². The zero-order valence-electron chi connectivity index (χ0n) is 18.9. The molecule has 0 aliphatic rings. The third-order valence-electron chi connectivity index (χ3n) is 4.65. The Morgan fingerprint density at radius 2 is 0.655 bits per heavy atom. The molecule has 3 rings (SSSR count). The Bertz CT molecular complexity index is 513. The molecule has 0 saturated carbocycles. The number of unbranched alkanes of at least 4 members (excludes halogenated alkanes) is 3. The molecule has 0 aliphatic carbocycles. The van der Waals surface area contributed by atoms with Gasteiger partial charge in [-0.1, -0.05) is 78.6 Å². The van der Waals surface area contributed by atoms with Gasteiger partial charge in [0.15, 0.2) is 0 Å². The molecule has 0 unspecified atom stereocenters. The van der Waals surface area contributed by atoms with Crippen LogP contribution in [-0.2, 0) is 84.7 Å². The van der Waals surface area contributed by atoms with E-state index in [2.05, 4.69) is 93.6 Å². The first-order chi connectivity index (χ1) is 13.3. The first-order valence-electron chi connectivity index (χ1n) is 10.9. The molecule has 1 radical (unpaired) electrons. The number of hydrogen-bond acceptors (Lipinski definition) is 0. The van der Waals surface area contributed by atoms with E-state index in [0.717, 1.165) is 0 Å². The van der Waals surface area contributed by atoms with E-state index in [1.54, 1.807) is 0 Å². The van der Waals surface area contributed by atoms with Crippen molar-refractivity contribution in [3.63, 3.8) is 0 Å². The molecule has 3 aromatic carbocycles. The molecule has 0 atom stereocenters. The summed E-state index contributed by atoms with van der Waals surface area (Å²) in [7, 11) is 0. The third kappa shape index (κ3) is 17.6. The monoisotopic (exact) mass is 541 g/mol. The Hall–Kier alpha value is 0.258. The molecule has 0 aliphatic heterocycles. The predicted octanol–water partition coefficient (Wildman–Crippen LogP) is 8.24. The van der Waals surface area contributed by atoms with Crippen LogP contribution >= 0.6 is 0 Å². The number of rotatable bonds is 9. The van der Waals surface area contributed by atoms with Gasteiger partial charge in [-0.2, -0.15) is 53.1 Å². The minimum atomic E-state index is 0. The molecule has 0 fully saturated rings. The molecule has 0 bridgehead atoms.